The first-order chi connectivity index (χ1) is 23.1. The number of likely N-dealkylation sites (N-methyl/N-ethyl adjacent to an activating group) is 1. The second-order valence-corrected chi connectivity index (χ2v) is 12.0. The highest BCUT2D eigenvalue weighted by molar-refractivity contribution is 6.04. The van der Waals surface area contributed by atoms with Crippen molar-refractivity contribution in [2.45, 2.75) is 38.2 Å². The number of hydrogen-bond acceptors (Lipinski definition) is 8. The minimum Gasteiger partial charge on any atom is -0.405 e. The molecule has 4 N–H and O–H groups in total. The van der Waals surface area contributed by atoms with E-state index in [4.69, 9.17) is 0 Å². The Labute approximate surface area is 275 Å². The summed E-state index contributed by atoms with van der Waals surface area (Å²) in [5, 5.41) is 8.92. The fraction of sp³-hybridized carbons (Fsp3) is 0.353. The van der Waals surface area contributed by atoms with Crippen LogP contribution < -0.4 is 25.6 Å². The third-order valence-corrected chi connectivity index (χ3v) is 8.49. The lowest BCUT2D eigenvalue weighted by Gasteiger charge is -2.32. The zero-order valence-corrected chi connectivity index (χ0v) is 26.6. The molecule has 6 rings (SSSR count). The number of piperazine rings is 1. The summed E-state index contributed by atoms with van der Waals surface area (Å²) < 4.78 is 44.9. The summed E-state index contributed by atoms with van der Waals surface area (Å²) in [6, 6.07) is 14.7. The first kappa shape index (κ1) is 33.0. The summed E-state index contributed by atoms with van der Waals surface area (Å²) in [5.74, 6) is 0.489. The number of H-pyrrole nitrogens is 1. The van der Waals surface area contributed by atoms with E-state index in [0.29, 0.717) is 24.0 Å². The van der Waals surface area contributed by atoms with Gasteiger partial charge in [-0.05, 0) is 62.2 Å². The highest BCUT2D eigenvalue weighted by atomic mass is 19.4. The number of amides is 2. The number of likely N-dealkylation sites (tertiary alicyclic amines) is 1. The van der Waals surface area contributed by atoms with Crippen molar-refractivity contribution in [2.75, 3.05) is 50.0 Å². The lowest BCUT2D eigenvalue weighted by molar-refractivity contribution is -0.274. The van der Waals surface area contributed by atoms with Gasteiger partial charge in [-0.1, -0.05) is 24.3 Å². The van der Waals surface area contributed by atoms with Gasteiger partial charge in [0.15, 0.2) is 0 Å². The molecule has 252 valence electrons. The average molecular weight is 663 g/mol. The highest BCUT2D eigenvalue weighted by Gasteiger charge is 2.33. The zero-order chi connectivity index (χ0) is 33.8. The Morgan fingerprint density at radius 1 is 1.02 bits per heavy atom. The highest BCUT2D eigenvalue weighted by Crippen LogP contribution is 2.37. The number of pyridine rings is 1. The summed E-state index contributed by atoms with van der Waals surface area (Å²) in [6.45, 7) is 5.43. The number of benzene rings is 2. The number of ether oxygens (including phenoxy) is 1. The van der Waals surface area contributed by atoms with E-state index in [1.54, 1.807) is 49.6 Å². The number of aromatic nitrogens is 3. The van der Waals surface area contributed by atoms with Crippen LogP contribution in [0.1, 0.15) is 42.0 Å². The number of nitrogens with one attached hydrogen (secondary N) is 4. The van der Waals surface area contributed by atoms with Gasteiger partial charge in [-0.25, -0.2) is 9.97 Å². The van der Waals surface area contributed by atoms with Gasteiger partial charge in [-0.3, -0.25) is 9.59 Å². The van der Waals surface area contributed by atoms with Crippen LogP contribution in [0.15, 0.2) is 67.0 Å². The Kier molecular flexibility index (Phi) is 9.64. The van der Waals surface area contributed by atoms with Gasteiger partial charge in [0.1, 0.15) is 17.4 Å². The van der Waals surface area contributed by atoms with Crippen LogP contribution in [0.5, 0.6) is 5.75 Å². The van der Waals surface area contributed by atoms with Gasteiger partial charge in [0, 0.05) is 55.7 Å². The number of anilines is 2. The van der Waals surface area contributed by atoms with Crippen molar-refractivity contribution in [3.63, 3.8) is 0 Å². The fourth-order valence-electron chi connectivity index (χ4n) is 6.18. The molecule has 2 saturated heterocycles. The molecule has 14 heteroatoms. The van der Waals surface area contributed by atoms with E-state index in [2.05, 4.69) is 47.5 Å². The van der Waals surface area contributed by atoms with Gasteiger partial charge >= 0.3 is 6.36 Å². The molecular formula is C34H37F3N8O3. The molecule has 48 heavy (non-hydrogen) atoms. The summed E-state index contributed by atoms with van der Waals surface area (Å²) in [5.41, 5.74) is 2.59. The van der Waals surface area contributed by atoms with Crippen LogP contribution in [0.4, 0.5) is 24.7 Å². The number of aromatic amines is 1. The van der Waals surface area contributed by atoms with E-state index in [9.17, 15) is 22.8 Å². The molecule has 2 aromatic carbocycles. The van der Waals surface area contributed by atoms with Crippen molar-refractivity contribution in [2.24, 2.45) is 0 Å². The smallest absolute Gasteiger partial charge is 0.405 e. The maximum atomic E-state index is 13.5. The Bertz CT molecular complexity index is 1740. The van der Waals surface area contributed by atoms with E-state index in [1.807, 2.05) is 4.90 Å². The van der Waals surface area contributed by atoms with Crippen LogP contribution in [-0.4, -0.2) is 83.8 Å². The molecular weight excluding hydrogens is 625 g/mol. The van der Waals surface area contributed by atoms with Crippen LogP contribution in [-0.2, 0) is 4.79 Å². The molecule has 2 aliphatic heterocycles. The third-order valence-electron chi connectivity index (χ3n) is 8.49. The Balaban J connectivity index is 1.17. The minimum atomic E-state index is -4.95. The molecule has 2 aliphatic rings. The van der Waals surface area contributed by atoms with Crippen LogP contribution >= 0.6 is 0 Å². The number of rotatable bonds is 9. The number of nitrogens with zero attached hydrogens (tertiary/aromatic N) is 4. The number of carbonyl (C=O) groups is 2. The quantitative estimate of drug-likeness (QED) is 0.198. The van der Waals surface area contributed by atoms with Crippen LogP contribution in [0.25, 0.3) is 22.4 Å². The summed E-state index contributed by atoms with van der Waals surface area (Å²) in [7, 11) is 1.73. The SMILES string of the molecule is CNCC(=O)N1CCCC1c1ncc(-c2ccc(-c3ccc(NC(=O)c4ccc(N5CCNC(C)C5)nc4)cc3OC(F)(F)F)cc2)[nH]1. The maximum absolute atomic E-state index is 13.5. The second kappa shape index (κ2) is 14.0. The first-order valence-corrected chi connectivity index (χ1v) is 15.8. The molecule has 4 aromatic rings. The lowest BCUT2D eigenvalue weighted by atomic mass is 10.0. The lowest BCUT2D eigenvalue weighted by Crippen LogP contribution is -2.49. The van der Waals surface area contributed by atoms with Crippen molar-refractivity contribution in [3.05, 3.63) is 78.4 Å². The molecule has 0 spiro atoms. The maximum Gasteiger partial charge on any atom is 0.573 e. The summed E-state index contributed by atoms with van der Waals surface area (Å²) in [4.78, 5) is 41.7. The minimum absolute atomic E-state index is 0.0107. The molecule has 2 unspecified atom stereocenters. The standard InChI is InChI=1S/C34H37F3N8O3/c1-21-20-44(15-13-39-21)30-12-9-24(17-40-30)33(47)42-25-10-11-26(29(16-25)48-34(35,36)37)22-5-7-23(8-6-22)27-18-41-32(43-27)28-4-3-14-45(28)31(46)19-38-2/h5-12,16-18,21,28,38-39H,3-4,13-15,19-20H2,1-2H3,(H,41,43)(H,42,47). The molecule has 2 aromatic heterocycles. The molecule has 2 fully saturated rings. The molecule has 4 heterocycles. The van der Waals surface area contributed by atoms with Gasteiger partial charge in [0.25, 0.3) is 5.91 Å². The first-order valence-electron chi connectivity index (χ1n) is 15.8. The van der Waals surface area contributed by atoms with Gasteiger partial charge in [0.2, 0.25) is 5.91 Å². The van der Waals surface area contributed by atoms with Crippen molar-refractivity contribution >= 4 is 23.3 Å². The van der Waals surface area contributed by atoms with E-state index in [-0.39, 0.29) is 35.3 Å². The van der Waals surface area contributed by atoms with Crippen molar-refractivity contribution in [3.8, 4) is 28.1 Å². The second-order valence-electron chi connectivity index (χ2n) is 12.0. The van der Waals surface area contributed by atoms with E-state index in [1.165, 1.54) is 18.3 Å². The number of carbonyl (C=O) groups excluding carboxylic acids is 2. The zero-order valence-electron chi connectivity index (χ0n) is 26.6. The van der Waals surface area contributed by atoms with Crippen LogP contribution in [0.2, 0.25) is 0 Å². The Morgan fingerprint density at radius 3 is 2.52 bits per heavy atom. The van der Waals surface area contributed by atoms with Crippen molar-refractivity contribution in [1.29, 1.82) is 0 Å². The van der Waals surface area contributed by atoms with Crippen molar-refractivity contribution < 1.29 is 27.5 Å². The predicted octanol–water partition coefficient (Wildman–Crippen LogP) is 4.97. The van der Waals surface area contributed by atoms with Gasteiger partial charge < -0.3 is 35.5 Å². The molecule has 11 nitrogen and oxygen atoms in total. The van der Waals surface area contributed by atoms with Crippen LogP contribution in [0.3, 0.4) is 0 Å². The van der Waals surface area contributed by atoms with Gasteiger partial charge in [0.05, 0.1) is 30.0 Å². The molecule has 2 amide bonds. The molecule has 0 saturated carbocycles. The molecule has 0 radical (unpaired) electrons. The third kappa shape index (κ3) is 7.60. The Morgan fingerprint density at radius 2 is 1.81 bits per heavy atom. The average Bonchev–Trinajstić information content (AvgIpc) is 3.75. The normalized spacial score (nSPS) is 18.2. The molecule has 0 bridgehead atoms. The van der Waals surface area contributed by atoms with E-state index >= 15 is 0 Å². The Hall–Kier alpha value is -4.95. The van der Waals surface area contributed by atoms with E-state index < -0.39 is 18.0 Å². The number of imidazole rings is 1. The van der Waals surface area contributed by atoms with Crippen molar-refractivity contribution in [1.82, 2.24) is 30.5 Å². The number of halogens is 3. The number of hydrogen-bond donors (Lipinski definition) is 4. The largest absolute Gasteiger partial charge is 0.573 e. The van der Waals surface area contributed by atoms with Gasteiger partial charge in [-0.15, -0.1) is 13.2 Å². The fourth-order valence-corrected chi connectivity index (χ4v) is 6.18. The van der Waals surface area contributed by atoms with Crippen LogP contribution in [0, 0.1) is 0 Å². The molecule has 0 aliphatic carbocycles. The molecule has 2 atom stereocenters. The monoisotopic (exact) mass is 662 g/mol. The summed E-state index contributed by atoms with van der Waals surface area (Å²) in [6.07, 6.45) is -0.118. The van der Waals surface area contributed by atoms with Gasteiger partial charge in [-0.2, -0.15) is 0 Å². The van der Waals surface area contributed by atoms with E-state index in [0.717, 1.165) is 55.6 Å². The predicted molar refractivity (Wildman–Crippen MR) is 176 cm³/mol. The topological polar surface area (TPSA) is 128 Å². The number of alkyl halides is 3. The summed E-state index contributed by atoms with van der Waals surface area (Å²) >= 11 is 0.